The molecule has 27 heavy (non-hydrogen) atoms. The normalized spacial score (nSPS) is 11.6. The van der Waals surface area contributed by atoms with E-state index in [1.54, 1.807) is 0 Å². The molecule has 2 aromatic carbocycles. The average molecular weight is 381 g/mol. The summed E-state index contributed by atoms with van der Waals surface area (Å²) < 4.78 is 61.9. The number of ether oxygens (including phenoxy) is 2. The van der Waals surface area contributed by atoms with Crippen LogP contribution in [0.5, 0.6) is 11.5 Å². The molecular weight excluding hydrogens is 366 g/mol. The molecule has 0 aliphatic heterocycles. The highest BCUT2D eigenvalue weighted by Gasteiger charge is 2.32. The number of para-hydroxylation sites is 1. The van der Waals surface area contributed by atoms with Gasteiger partial charge in [-0.3, -0.25) is 4.79 Å². The van der Waals surface area contributed by atoms with Crippen molar-refractivity contribution in [1.82, 2.24) is 4.57 Å². The fourth-order valence-electron chi connectivity index (χ4n) is 2.69. The molecule has 0 aliphatic carbocycles. The van der Waals surface area contributed by atoms with Gasteiger partial charge in [-0.05, 0) is 42.8 Å². The molecule has 0 spiro atoms. The number of rotatable bonds is 6. The number of nitrogens with zero attached hydrogens (tertiary/aromatic N) is 1. The molecule has 0 fully saturated rings. The Labute approximate surface area is 151 Å². The number of hydrogen-bond donors (Lipinski definition) is 0. The molecule has 0 radical (unpaired) electrons. The minimum absolute atomic E-state index is 0.0732. The van der Waals surface area contributed by atoms with Gasteiger partial charge in [0.25, 0.3) is 0 Å². The molecule has 3 aromatic rings. The maximum atomic E-state index is 12.9. The number of pyridine rings is 1. The van der Waals surface area contributed by atoms with Crippen LogP contribution < -0.4 is 14.9 Å². The Kier molecular flexibility index (Phi) is 5.34. The second-order valence-corrected chi connectivity index (χ2v) is 5.73. The Hall–Kier alpha value is -3.03. The highest BCUT2D eigenvalue weighted by molar-refractivity contribution is 5.84. The summed E-state index contributed by atoms with van der Waals surface area (Å²) in [4.78, 5) is 12.0. The zero-order valence-corrected chi connectivity index (χ0v) is 14.0. The summed E-state index contributed by atoms with van der Waals surface area (Å²) in [6.07, 6.45) is -2.99. The Balaban J connectivity index is 1.78. The molecule has 0 unspecified atom stereocenters. The van der Waals surface area contributed by atoms with Crippen LogP contribution in [-0.2, 0) is 6.54 Å². The summed E-state index contributed by atoms with van der Waals surface area (Å²) in [7, 11) is 0. The van der Waals surface area contributed by atoms with E-state index in [0.717, 1.165) is 0 Å². The number of alkyl halides is 3. The number of aryl methyl sites for hydroxylation is 1. The van der Waals surface area contributed by atoms with Crippen molar-refractivity contribution < 1.29 is 27.0 Å². The monoisotopic (exact) mass is 381 g/mol. The third-order valence-electron chi connectivity index (χ3n) is 3.81. The van der Waals surface area contributed by atoms with Gasteiger partial charge in [0.15, 0.2) is 11.2 Å². The van der Waals surface area contributed by atoms with E-state index in [1.165, 1.54) is 59.3 Å². The van der Waals surface area contributed by atoms with Crippen LogP contribution in [0, 0.1) is 5.82 Å². The lowest BCUT2D eigenvalue weighted by molar-refractivity contribution is -0.274. The van der Waals surface area contributed by atoms with E-state index in [9.17, 15) is 22.4 Å². The highest BCUT2D eigenvalue weighted by atomic mass is 19.4. The number of benzene rings is 2. The number of halogens is 4. The molecule has 0 aliphatic rings. The zero-order chi connectivity index (χ0) is 19.4. The minimum Gasteiger partial charge on any atom is -0.494 e. The van der Waals surface area contributed by atoms with Crippen LogP contribution in [0.25, 0.3) is 10.9 Å². The maximum Gasteiger partial charge on any atom is 0.573 e. The first-order valence-electron chi connectivity index (χ1n) is 8.10. The van der Waals surface area contributed by atoms with E-state index in [-0.39, 0.29) is 23.3 Å². The number of fused-ring (bicyclic) bond motifs is 1. The van der Waals surface area contributed by atoms with Gasteiger partial charge in [0, 0.05) is 24.2 Å². The molecule has 0 amide bonds. The summed E-state index contributed by atoms with van der Waals surface area (Å²) in [5, 5.41) is 0.138. The quantitative estimate of drug-likeness (QED) is 0.466. The van der Waals surface area contributed by atoms with Crippen molar-refractivity contribution in [1.29, 1.82) is 0 Å². The van der Waals surface area contributed by atoms with Gasteiger partial charge < -0.3 is 14.0 Å². The molecule has 0 bridgehead atoms. The lowest BCUT2D eigenvalue weighted by atomic mass is 10.2. The van der Waals surface area contributed by atoms with Crippen molar-refractivity contribution in [2.45, 2.75) is 19.3 Å². The Bertz CT molecular complexity index is 981. The molecule has 0 N–H and O–H groups in total. The van der Waals surface area contributed by atoms with E-state index in [1.807, 2.05) is 0 Å². The Morgan fingerprint density at radius 3 is 2.44 bits per heavy atom. The molecule has 3 rings (SSSR count). The third-order valence-corrected chi connectivity index (χ3v) is 3.81. The van der Waals surface area contributed by atoms with E-state index in [2.05, 4.69) is 4.74 Å². The summed E-state index contributed by atoms with van der Waals surface area (Å²) >= 11 is 0. The molecule has 8 heteroatoms. The van der Waals surface area contributed by atoms with Gasteiger partial charge >= 0.3 is 6.36 Å². The molecule has 1 aromatic heterocycles. The van der Waals surface area contributed by atoms with Crippen molar-refractivity contribution in [3.8, 4) is 11.5 Å². The highest BCUT2D eigenvalue weighted by Crippen LogP contribution is 2.29. The van der Waals surface area contributed by atoms with Crippen molar-refractivity contribution in [3.05, 3.63) is 70.8 Å². The van der Waals surface area contributed by atoms with Crippen LogP contribution in [0.3, 0.4) is 0 Å². The summed E-state index contributed by atoms with van der Waals surface area (Å²) in [5.74, 6) is -0.321. The van der Waals surface area contributed by atoms with Crippen LogP contribution in [0.15, 0.2) is 59.5 Å². The van der Waals surface area contributed by atoms with Crippen molar-refractivity contribution in [3.63, 3.8) is 0 Å². The number of hydrogen-bond acceptors (Lipinski definition) is 3. The van der Waals surface area contributed by atoms with Crippen LogP contribution >= 0.6 is 0 Å². The van der Waals surface area contributed by atoms with E-state index >= 15 is 0 Å². The standard InChI is InChI=1S/C19H15F4NO3/c20-13-5-7-14(8-6-13)26-12-2-10-24-11-9-16(25)15-3-1-4-17(18(15)24)27-19(21,22)23/h1,3-9,11H,2,10,12H2. The fraction of sp³-hybridized carbons (Fsp3) is 0.211. The molecule has 0 atom stereocenters. The smallest absolute Gasteiger partial charge is 0.494 e. The second-order valence-electron chi connectivity index (χ2n) is 5.73. The van der Waals surface area contributed by atoms with E-state index in [4.69, 9.17) is 4.74 Å². The van der Waals surface area contributed by atoms with Crippen LogP contribution in [0.2, 0.25) is 0 Å². The predicted octanol–water partition coefficient (Wildman–Crippen LogP) is 4.51. The lowest BCUT2D eigenvalue weighted by Crippen LogP contribution is -2.19. The summed E-state index contributed by atoms with van der Waals surface area (Å²) in [5.41, 5.74) is -0.319. The molecule has 0 saturated heterocycles. The number of aromatic nitrogens is 1. The SMILES string of the molecule is O=c1ccn(CCCOc2ccc(F)cc2)c2c(OC(F)(F)F)cccc12. The van der Waals surface area contributed by atoms with Gasteiger partial charge in [-0.1, -0.05) is 6.07 Å². The van der Waals surface area contributed by atoms with Gasteiger partial charge in [-0.15, -0.1) is 13.2 Å². The molecule has 1 heterocycles. The van der Waals surface area contributed by atoms with Gasteiger partial charge in [0.05, 0.1) is 12.1 Å². The minimum atomic E-state index is -4.86. The molecule has 0 saturated carbocycles. The van der Waals surface area contributed by atoms with Crippen LogP contribution in [-0.4, -0.2) is 17.5 Å². The van der Waals surface area contributed by atoms with Crippen molar-refractivity contribution >= 4 is 10.9 Å². The van der Waals surface area contributed by atoms with Gasteiger partial charge in [0.1, 0.15) is 11.6 Å². The summed E-state index contributed by atoms with van der Waals surface area (Å²) in [6.45, 7) is 0.567. The third kappa shape index (κ3) is 4.78. The maximum absolute atomic E-state index is 12.9. The van der Waals surface area contributed by atoms with Gasteiger partial charge in [0.2, 0.25) is 0 Å². The molecule has 4 nitrogen and oxygen atoms in total. The lowest BCUT2D eigenvalue weighted by Gasteiger charge is -2.16. The topological polar surface area (TPSA) is 40.5 Å². The van der Waals surface area contributed by atoms with Crippen LogP contribution in [0.4, 0.5) is 17.6 Å². The molecular formula is C19H15F4NO3. The summed E-state index contributed by atoms with van der Waals surface area (Å²) in [6, 6.07) is 10.8. The van der Waals surface area contributed by atoms with Gasteiger partial charge in [-0.2, -0.15) is 0 Å². The first-order chi connectivity index (χ1) is 12.8. The largest absolute Gasteiger partial charge is 0.573 e. The van der Waals surface area contributed by atoms with E-state index in [0.29, 0.717) is 18.7 Å². The van der Waals surface area contributed by atoms with Crippen molar-refractivity contribution in [2.75, 3.05) is 6.61 Å². The second kappa shape index (κ2) is 7.69. The van der Waals surface area contributed by atoms with Crippen LogP contribution in [0.1, 0.15) is 6.42 Å². The van der Waals surface area contributed by atoms with Crippen molar-refractivity contribution in [2.24, 2.45) is 0 Å². The van der Waals surface area contributed by atoms with Gasteiger partial charge in [-0.25, -0.2) is 4.39 Å². The fourth-order valence-corrected chi connectivity index (χ4v) is 2.69. The molecule has 142 valence electrons. The first kappa shape index (κ1) is 18.8. The van der Waals surface area contributed by atoms with E-state index < -0.39 is 17.5 Å². The average Bonchev–Trinajstić information content (AvgIpc) is 2.61. The Morgan fingerprint density at radius 2 is 1.74 bits per heavy atom. The predicted molar refractivity (Wildman–Crippen MR) is 91.4 cm³/mol. The first-order valence-corrected chi connectivity index (χ1v) is 8.10. The zero-order valence-electron chi connectivity index (χ0n) is 14.0. The Morgan fingerprint density at radius 1 is 1.00 bits per heavy atom.